The van der Waals surface area contributed by atoms with Gasteiger partial charge in [-0.3, -0.25) is 0 Å². The van der Waals surface area contributed by atoms with Gasteiger partial charge in [0.15, 0.2) is 11.0 Å². The van der Waals surface area contributed by atoms with Gasteiger partial charge in [0.05, 0.1) is 11.3 Å². The van der Waals surface area contributed by atoms with Crippen LogP contribution in [0, 0.1) is 10.2 Å². The van der Waals surface area contributed by atoms with Crippen molar-refractivity contribution in [2.45, 2.75) is 0 Å². The Bertz CT molecular complexity index is 907. The second-order valence-corrected chi connectivity index (χ2v) is 5.42. The highest BCUT2D eigenvalue weighted by Crippen LogP contribution is 2.20. The fraction of sp³-hybridized carbons (Fsp3) is 0. The van der Waals surface area contributed by atoms with Crippen LogP contribution in [0.25, 0.3) is 27.5 Å². The molecule has 0 aliphatic rings. The Hall–Kier alpha value is -2.42. The lowest BCUT2D eigenvalue weighted by molar-refractivity contribution is -2.00. The maximum Gasteiger partial charge on any atom is 0.355 e. The molecule has 116 valence electrons. The molecular formula is C15H10ClN3O4. The lowest BCUT2D eigenvalue weighted by Crippen LogP contribution is -2.68. The lowest BCUT2D eigenvalue weighted by atomic mass is 10.1. The summed E-state index contributed by atoms with van der Waals surface area (Å²) in [6, 6.07) is 18.4. The van der Waals surface area contributed by atoms with Gasteiger partial charge in [-0.15, -0.1) is 10.2 Å². The number of hydrogen-bond acceptors (Lipinski definition) is 6. The largest absolute Gasteiger partial charge is 0.355 e. The molecule has 0 saturated carbocycles. The van der Waals surface area contributed by atoms with Gasteiger partial charge >= 0.3 is 5.65 Å². The fourth-order valence-corrected chi connectivity index (χ4v) is 2.36. The smallest absolute Gasteiger partial charge is 0.222 e. The minimum Gasteiger partial charge on any atom is -0.222 e. The molecular weight excluding hydrogens is 322 g/mol. The molecule has 4 aromatic rings. The average Bonchev–Trinajstić information content (AvgIpc) is 2.52. The van der Waals surface area contributed by atoms with E-state index in [9.17, 15) is 0 Å². The molecule has 0 saturated heterocycles. The Kier molecular flexibility index (Phi) is 4.03. The molecule has 8 heteroatoms. The molecule has 23 heavy (non-hydrogen) atoms. The second-order valence-electron chi connectivity index (χ2n) is 4.66. The molecule has 4 rings (SSSR count). The van der Waals surface area contributed by atoms with Crippen molar-refractivity contribution in [1.29, 1.82) is 0 Å². The Labute approximate surface area is 132 Å². The highest BCUT2D eigenvalue weighted by molar-refractivity contribution is 6.02. The molecule has 0 fully saturated rings. The highest BCUT2D eigenvalue weighted by atomic mass is 35.7. The topological polar surface area (TPSA) is 122 Å². The van der Waals surface area contributed by atoms with E-state index in [0.717, 1.165) is 22.1 Å². The summed E-state index contributed by atoms with van der Waals surface area (Å²) in [4.78, 5) is 0. The van der Waals surface area contributed by atoms with Crippen LogP contribution in [-0.4, -0.2) is 10.2 Å². The van der Waals surface area contributed by atoms with E-state index in [1.165, 1.54) is 5.39 Å². The van der Waals surface area contributed by atoms with Gasteiger partial charge in [0.25, 0.3) is 0 Å². The number of fused-ring (bicyclic) bond motifs is 5. The quantitative estimate of drug-likeness (QED) is 0.265. The molecule has 0 atom stereocenters. The third kappa shape index (κ3) is 3.50. The maximum atomic E-state index is 8.49. The summed E-state index contributed by atoms with van der Waals surface area (Å²) >= 11 is 0. The van der Waals surface area contributed by atoms with Gasteiger partial charge < -0.3 is 0 Å². The zero-order valence-electron chi connectivity index (χ0n) is 11.6. The van der Waals surface area contributed by atoms with Crippen LogP contribution < -0.4 is 23.0 Å². The SMILES string of the molecule is [O-][Cl+3]([O-])([O-])[O-].c1ccc2c(c1)ccc1c2nnc2cccc[n+]21. The van der Waals surface area contributed by atoms with Crippen molar-refractivity contribution >= 4 is 27.5 Å². The van der Waals surface area contributed by atoms with Crippen LogP contribution in [0.3, 0.4) is 0 Å². The molecule has 0 aliphatic heterocycles. The van der Waals surface area contributed by atoms with Crippen LogP contribution in [0.15, 0.2) is 60.8 Å². The maximum absolute atomic E-state index is 8.49. The van der Waals surface area contributed by atoms with Crippen molar-refractivity contribution in [2.24, 2.45) is 0 Å². The number of hydrogen-bond donors (Lipinski definition) is 0. The van der Waals surface area contributed by atoms with E-state index in [-0.39, 0.29) is 0 Å². The summed E-state index contributed by atoms with van der Waals surface area (Å²) in [5.74, 6) is 0. The Morgan fingerprint density at radius 3 is 2.26 bits per heavy atom. The molecule has 0 bridgehead atoms. The van der Waals surface area contributed by atoms with E-state index in [4.69, 9.17) is 18.6 Å². The first-order chi connectivity index (χ1) is 10.9. The van der Waals surface area contributed by atoms with Crippen molar-refractivity contribution in [1.82, 2.24) is 10.2 Å². The van der Waals surface area contributed by atoms with Crippen LogP contribution in [0.5, 0.6) is 0 Å². The van der Waals surface area contributed by atoms with Gasteiger partial charge in [0.2, 0.25) is 0 Å². The predicted octanol–water partition coefficient (Wildman–Crippen LogP) is -2.23. The van der Waals surface area contributed by atoms with Crippen LogP contribution >= 0.6 is 0 Å². The predicted molar refractivity (Wildman–Crippen MR) is 70.2 cm³/mol. The summed E-state index contributed by atoms with van der Waals surface area (Å²) < 4.78 is 36.0. The number of nitrogens with zero attached hydrogens (tertiary/aromatic N) is 3. The summed E-state index contributed by atoms with van der Waals surface area (Å²) in [6.45, 7) is 0. The minimum absolute atomic E-state index is 0.861. The van der Waals surface area contributed by atoms with E-state index in [1.807, 2.05) is 36.5 Å². The van der Waals surface area contributed by atoms with E-state index in [2.05, 4.69) is 38.9 Å². The van der Waals surface area contributed by atoms with Gasteiger partial charge in [-0.05, 0) is 28.7 Å². The average molecular weight is 332 g/mol. The first-order valence-corrected chi connectivity index (χ1v) is 7.73. The van der Waals surface area contributed by atoms with E-state index >= 15 is 0 Å². The summed E-state index contributed by atoms with van der Waals surface area (Å²) in [7, 11) is -4.94. The highest BCUT2D eigenvalue weighted by Gasteiger charge is 2.11. The number of pyridine rings is 1. The van der Waals surface area contributed by atoms with E-state index < -0.39 is 10.2 Å². The van der Waals surface area contributed by atoms with Crippen LogP contribution in [0.4, 0.5) is 0 Å². The number of rotatable bonds is 0. The molecule has 0 radical (unpaired) electrons. The zero-order chi connectivity index (χ0) is 16.4. The summed E-state index contributed by atoms with van der Waals surface area (Å²) in [6.07, 6.45) is 2.02. The van der Waals surface area contributed by atoms with Gasteiger partial charge in [-0.2, -0.15) is 4.40 Å². The van der Waals surface area contributed by atoms with Crippen molar-refractivity contribution < 1.29 is 33.3 Å². The number of benzene rings is 2. The molecule has 0 aliphatic carbocycles. The van der Waals surface area contributed by atoms with Gasteiger partial charge in [0, 0.05) is 11.5 Å². The van der Waals surface area contributed by atoms with Crippen molar-refractivity contribution in [3.63, 3.8) is 0 Å². The van der Waals surface area contributed by atoms with Crippen molar-refractivity contribution in [3.8, 4) is 0 Å². The summed E-state index contributed by atoms with van der Waals surface area (Å²) in [5.41, 5.74) is 2.89. The third-order valence-electron chi connectivity index (χ3n) is 3.23. The minimum atomic E-state index is -4.94. The lowest BCUT2D eigenvalue weighted by Gasteiger charge is -2.17. The van der Waals surface area contributed by atoms with E-state index in [0.29, 0.717) is 0 Å². The molecule has 2 aromatic carbocycles. The standard InChI is InChI=1S/C15H10N3.ClHO4/c1-2-6-12-11(5-1)8-9-13-15(12)17-16-14-7-3-4-10-18(13)14;2-1(3,4)5/h1-10H;(H,2,3,4,5)/q+1;/p-1. The molecule has 7 nitrogen and oxygen atoms in total. The van der Waals surface area contributed by atoms with Crippen LogP contribution in [0.1, 0.15) is 0 Å². The van der Waals surface area contributed by atoms with Gasteiger partial charge in [-0.1, -0.05) is 30.3 Å². The molecule has 0 N–H and O–H groups in total. The fourth-order valence-electron chi connectivity index (χ4n) is 2.36. The van der Waals surface area contributed by atoms with Gasteiger partial charge in [0.1, 0.15) is 0 Å². The number of aromatic nitrogens is 3. The molecule has 0 spiro atoms. The van der Waals surface area contributed by atoms with Crippen molar-refractivity contribution in [3.05, 3.63) is 60.8 Å². The van der Waals surface area contributed by atoms with E-state index in [1.54, 1.807) is 0 Å². The first-order valence-electron chi connectivity index (χ1n) is 6.50. The molecule has 2 aromatic heterocycles. The third-order valence-corrected chi connectivity index (χ3v) is 3.23. The molecule has 2 heterocycles. The number of halogens is 1. The Morgan fingerprint density at radius 2 is 1.48 bits per heavy atom. The monoisotopic (exact) mass is 331 g/mol. The Morgan fingerprint density at radius 1 is 0.783 bits per heavy atom. The van der Waals surface area contributed by atoms with Crippen LogP contribution in [0.2, 0.25) is 0 Å². The molecule has 0 unspecified atom stereocenters. The normalized spacial score (nSPS) is 11.5. The van der Waals surface area contributed by atoms with Gasteiger partial charge in [-0.25, -0.2) is 18.6 Å². The first kappa shape index (κ1) is 15.5. The summed E-state index contributed by atoms with van der Waals surface area (Å²) in [5, 5.41) is 11.0. The van der Waals surface area contributed by atoms with Crippen LogP contribution in [-0.2, 0) is 0 Å². The second kappa shape index (κ2) is 5.99. The molecule has 0 amide bonds. The van der Waals surface area contributed by atoms with Crippen molar-refractivity contribution in [2.75, 3.05) is 0 Å². The Balaban J connectivity index is 0.000000276. The zero-order valence-corrected chi connectivity index (χ0v) is 12.4.